The molecule has 0 saturated heterocycles. The summed E-state index contributed by atoms with van der Waals surface area (Å²) < 4.78 is 55.1. The molecule has 0 saturated carbocycles. The zero-order valence-electron chi connectivity index (χ0n) is 9.39. The summed E-state index contributed by atoms with van der Waals surface area (Å²) in [6, 6.07) is 5.57. The maximum absolute atomic E-state index is 12.7. The minimum atomic E-state index is -4.20. The molecule has 1 aromatic rings. The van der Waals surface area contributed by atoms with E-state index in [-0.39, 0.29) is 16.1 Å². The molecule has 102 valence electrons. The summed E-state index contributed by atoms with van der Waals surface area (Å²) in [6.45, 7) is -0.999. The van der Waals surface area contributed by atoms with Gasteiger partial charge >= 0.3 is 0 Å². The highest BCUT2D eigenvalue weighted by molar-refractivity contribution is 9.09. The Labute approximate surface area is 113 Å². The predicted molar refractivity (Wildman–Crippen MR) is 68.0 cm³/mol. The highest BCUT2D eigenvalue weighted by Crippen LogP contribution is 2.29. The van der Waals surface area contributed by atoms with Gasteiger partial charge in [0, 0.05) is 4.83 Å². The van der Waals surface area contributed by atoms with Crippen molar-refractivity contribution in [1.82, 2.24) is 0 Å². The van der Waals surface area contributed by atoms with Gasteiger partial charge < -0.3 is 0 Å². The third-order valence-corrected chi connectivity index (χ3v) is 4.29. The van der Waals surface area contributed by atoms with Crippen LogP contribution in [0.2, 0.25) is 0 Å². The van der Waals surface area contributed by atoms with Crippen LogP contribution in [0.4, 0.5) is 8.78 Å². The first-order valence-corrected chi connectivity index (χ1v) is 7.61. The fourth-order valence-electron chi connectivity index (χ4n) is 1.42. The molecule has 0 bridgehead atoms. The molecule has 18 heavy (non-hydrogen) atoms. The average molecular weight is 343 g/mol. The molecule has 3 nitrogen and oxygen atoms in total. The highest BCUT2D eigenvalue weighted by Gasteiger charge is 2.14. The van der Waals surface area contributed by atoms with E-state index in [1.807, 2.05) is 0 Å². The molecule has 0 aliphatic carbocycles. The second-order valence-corrected chi connectivity index (χ2v) is 6.37. The van der Waals surface area contributed by atoms with Gasteiger partial charge in [0.25, 0.3) is 10.1 Å². The van der Waals surface area contributed by atoms with Gasteiger partial charge in [-0.15, -0.1) is 0 Å². The summed E-state index contributed by atoms with van der Waals surface area (Å²) >= 11 is 3.32. The maximum atomic E-state index is 12.7. The van der Waals surface area contributed by atoms with Gasteiger partial charge in [-0.2, -0.15) is 8.42 Å². The van der Waals surface area contributed by atoms with Gasteiger partial charge in [0.2, 0.25) is 0 Å². The average Bonchev–Trinajstić information content (AvgIpc) is 2.34. The molecule has 1 rings (SSSR count). The SMILES string of the molecule is O=S(=O)(O)c1ccc(C(Br)CCC(F)CF)cc1. The molecule has 0 aliphatic heterocycles. The van der Waals surface area contributed by atoms with Crippen molar-refractivity contribution < 1.29 is 21.8 Å². The van der Waals surface area contributed by atoms with Crippen molar-refractivity contribution in [2.75, 3.05) is 6.67 Å². The summed E-state index contributed by atoms with van der Waals surface area (Å²) in [6.07, 6.45) is -0.981. The highest BCUT2D eigenvalue weighted by atomic mass is 79.9. The van der Waals surface area contributed by atoms with Crippen LogP contribution in [-0.2, 0) is 10.1 Å². The summed E-state index contributed by atoms with van der Waals surface area (Å²) in [5.41, 5.74) is 0.744. The Kier molecular flexibility index (Phi) is 5.68. The van der Waals surface area contributed by atoms with Crippen LogP contribution >= 0.6 is 15.9 Å². The van der Waals surface area contributed by atoms with Crippen molar-refractivity contribution in [2.24, 2.45) is 0 Å². The van der Waals surface area contributed by atoms with Crippen LogP contribution in [0.15, 0.2) is 29.2 Å². The largest absolute Gasteiger partial charge is 0.294 e. The van der Waals surface area contributed by atoms with Gasteiger partial charge in [-0.25, -0.2) is 8.78 Å². The van der Waals surface area contributed by atoms with E-state index in [0.29, 0.717) is 6.42 Å². The van der Waals surface area contributed by atoms with E-state index < -0.39 is 23.0 Å². The van der Waals surface area contributed by atoms with Crippen LogP contribution in [0.25, 0.3) is 0 Å². The lowest BCUT2D eigenvalue weighted by molar-refractivity contribution is 0.243. The lowest BCUT2D eigenvalue weighted by atomic mass is 10.1. The van der Waals surface area contributed by atoms with Crippen LogP contribution in [0.1, 0.15) is 23.2 Å². The normalized spacial score (nSPS) is 15.3. The lowest BCUT2D eigenvalue weighted by Crippen LogP contribution is -2.04. The first kappa shape index (κ1) is 15.5. The first-order chi connectivity index (χ1) is 8.34. The van der Waals surface area contributed by atoms with Crippen molar-refractivity contribution in [3.05, 3.63) is 29.8 Å². The topological polar surface area (TPSA) is 54.4 Å². The van der Waals surface area contributed by atoms with Crippen molar-refractivity contribution >= 4 is 26.0 Å². The molecule has 2 unspecified atom stereocenters. The fraction of sp³-hybridized carbons (Fsp3) is 0.455. The summed E-state index contributed by atoms with van der Waals surface area (Å²) in [5, 5.41) is 0. The van der Waals surface area contributed by atoms with Crippen molar-refractivity contribution in [2.45, 2.75) is 28.7 Å². The fourth-order valence-corrected chi connectivity index (χ4v) is 2.47. The third-order valence-electron chi connectivity index (χ3n) is 2.44. The molecule has 0 spiro atoms. The van der Waals surface area contributed by atoms with Gasteiger partial charge in [0.1, 0.15) is 12.8 Å². The Bertz CT molecular complexity index is 476. The molecule has 1 N–H and O–H groups in total. The van der Waals surface area contributed by atoms with Crippen molar-refractivity contribution in [1.29, 1.82) is 0 Å². The predicted octanol–water partition coefficient (Wildman–Crippen LogP) is 3.46. The number of benzene rings is 1. The van der Waals surface area contributed by atoms with E-state index in [1.54, 1.807) is 0 Å². The monoisotopic (exact) mass is 342 g/mol. The lowest BCUT2D eigenvalue weighted by Gasteiger charge is -2.11. The Hall–Kier alpha value is -0.530. The molecule has 1 aromatic carbocycles. The smallest absolute Gasteiger partial charge is 0.282 e. The molecule has 0 aromatic heterocycles. The van der Waals surface area contributed by atoms with Crippen LogP contribution in [0.3, 0.4) is 0 Å². The first-order valence-electron chi connectivity index (χ1n) is 5.26. The summed E-state index contributed by atoms with van der Waals surface area (Å²) in [7, 11) is -4.20. The van der Waals surface area contributed by atoms with E-state index in [2.05, 4.69) is 15.9 Å². The van der Waals surface area contributed by atoms with E-state index in [1.165, 1.54) is 24.3 Å². The van der Waals surface area contributed by atoms with Gasteiger partial charge in [-0.05, 0) is 30.5 Å². The zero-order valence-corrected chi connectivity index (χ0v) is 11.8. The maximum Gasteiger partial charge on any atom is 0.294 e. The van der Waals surface area contributed by atoms with Crippen molar-refractivity contribution in [3.8, 4) is 0 Å². The molecule has 0 radical (unpaired) electrons. The molecular formula is C11H13BrF2O3S. The number of halogens is 3. The third kappa shape index (κ3) is 4.62. The minimum Gasteiger partial charge on any atom is -0.282 e. The minimum absolute atomic E-state index is 0.0897. The Morgan fingerprint density at radius 3 is 2.22 bits per heavy atom. The van der Waals surface area contributed by atoms with E-state index >= 15 is 0 Å². The Balaban J connectivity index is 2.68. The summed E-state index contributed by atoms with van der Waals surface area (Å²) in [5.74, 6) is 0. The summed E-state index contributed by atoms with van der Waals surface area (Å²) in [4.78, 5) is -0.379. The number of hydrogen-bond donors (Lipinski definition) is 1. The molecule has 0 aliphatic rings. The van der Waals surface area contributed by atoms with Crippen LogP contribution < -0.4 is 0 Å². The molecular weight excluding hydrogens is 330 g/mol. The number of hydrogen-bond acceptors (Lipinski definition) is 2. The quantitative estimate of drug-likeness (QED) is 0.636. The second-order valence-electron chi connectivity index (χ2n) is 3.84. The van der Waals surface area contributed by atoms with Crippen LogP contribution in [0, 0.1) is 0 Å². The molecule has 0 amide bonds. The van der Waals surface area contributed by atoms with Gasteiger partial charge in [0.05, 0.1) is 4.90 Å². The van der Waals surface area contributed by atoms with E-state index in [0.717, 1.165) is 5.56 Å². The zero-order chi connectivity index (χ0) is 13.8. The Morgan fingerprint density at radius 1 is 1.22 bits per heavy atom. The second kappa shape index (κ2) is 6.58. The molecule has 2 atom stereocenters. The number of alkyl halides is 3. The molecule has 0 fully saturated rings. The van der Waals surface area contributed by atoms with Crippen LogP contribution in [-0.4, -0.2) is 25.8 Å². The van der Waals surface area contributed by atoms with Gasteiger partial charge in [0.15, 0.2) is 0 Å². The van der Waals surface area contributed by atoms with E-state index in [9.17, 15) is 17.2 Å². The molecule has 7 heteroatoms. The molecule has 0 heterocycles. The van der Waals surface area contributed by atoms with Crippen LogP contribution in [0.5, 0.6) is 0 Å². The van der Waals surface area contributed by atoms with Crippen molar-refractivity contribution in [3.63, 3.8) is 0 Å². The Morgan fingerprint density at radius 2 is 1.78 bits per heavy atom. The standard InChI is InChI=1S/C11H13BrF2O3S/c12-11(6-3-9(14)7-13)8-1-4-10(5-2-8)18(15,16)17/h1-2,4-5,9,11H,3,6-7H2,(H,15,16,17). The van der Waals surface area contributed by atoms with E-state index in [4.69, 9.17) is 4.55 Å². The van der Waals surface area contributed by atoms with Gasteiger partial charge in [-0.3, -0.25) is 4.55 Å². The number of rotatable bonds is 6. The van der Waals surface area contributed by atoms with Gasteiger partial charge in [-0.1, -0.05) is 28.1 Å².